The molecule has 3 rings (SSSR count). The smallest absolute Gasteiger partial charge is 0.251 e. The molecule has 2 aliphatic rings. The molecule has 0 radical (unpaired) electrons. The number of hydrogen-bond acceptors (Lipinski definition) is 3. The first kappa shape index (κ1) is 18.4. The molecule has 1 saturated carbocycles. The minimum Gasteiger partial charge on any atom is -0.349 e. The van der Waals surface area contributed by atoms with Crippen molar-refractivity contribution >= 4 is 23.4 Å². The fourth-order valence-corrected chi connectivity index (χ4v) is 3.24. The Kier molecular flexibility index (Phi) is 5.59. The minimum atomic E-state index is -0.213. The van der Waals surface area contributed by atoms with Crippen LogP contribution in [0.1, 0.15) is 49.9 Å². The third kappa shape index (κ3) is 4.62. The van der Waals surface area contributed by atoms with Gasteiger partial charge in [-0.05, 0) is 43.9 Å². The van der Waals surface area contributed by atoms with Crippen LogP contribution in [-0.2, 0) is 9.59 Å². The quantitative estimate of drug-likeness (QED) is 0.849. The van der Waals surface area contributed by atoms with E-state index in [1.807, 2.05) is 13.8 Å². The number of benzene rings is 1. The SMILES string of the molecule is CC(C)C(=O)N1CCC[C@@H](C(=O)Nc2cccc(C(=O)NC3CC3)c2)C1. The summed E-state index contributed by atoms with van der Waals surface area (Å²) in [4.78, 5) is 38.7. The average molecular weight is 357 g/mol. The van der Waals surface area contributed by atoms with Crippen LogP contribution in [0.2, 0.25) is 0 Å². The van der Waals surface area contributed by atoms with Crippen molar-refractivity contribution in [2.45, 2.75) is 45.6 Å². The molecule has 1 saturated heterocycles. The maximum atomic E-state index is 12.6. The third-order valence-electron chi connectivity index (χ3n) is 4.90. The van der Waals surface area contributed by atoms with Crippen LogP contribution in [0.15, 0.2) is 24.3 Å². The molecule has 2 N–H and O–H groups in total. The lowest BCUT2D eigenvalue weighted by atomic mass is 9.96. The average Bonchev–Trinajstić information content (AvgIpc) is 3.45. The van der Waals surface area contributed by atoms with Crippen LogP contribution in [0.4, 0.5) is 5.69 Å². The molecule has 3 amide bonds. The van der Waals surface area contributed by atoms with E-state index >= 15 is 0 Å². The molecule has 0 spiro atoms. The van der Waals surface area contributed by atoms with E-state index in [1.165, 1.54) is 0 Å². The maximum absolute atomic E-state index is 12.6. The molecule has 1 aliphatic heterocycles. The molecule has 1 aromatic carbocycles. The summed E-state index contributed by atoms with van der Waals surface area (Å²) in [6.45, 7) is 4.94. The van der Waals surface area contributed by atoms with Crippen LogP contribution < -0.4 is 10.6 Å². The Morgan fingerprint density at radius 1 is 1.15 bits per heavy atom. The van der Waals surface area contributed by atoms with Crippen molar-refractivity contribution in [2.24, 2.45) is 11.8 Å². The van der Waals surface area contributed by atoms with Gasteiger partial charge in [-0.15, -0.1) is 0 Å². The number of anilines is 1. The van der Waals surface area contributed by atoms with Crippen molar-refractivity contribution < 1.29 is 14.4 Å². The molecule has 6 nitrogen and oxygen atoms in total. The molecule has 140 valence electrons. The Bertz CT molecular complexity index is 697. The summed E-state index contributed by atoms with van der Waals surface area (Å²) in [5.74, 6) is -0.365. The molecule has 1 atom stereocenters. The summed E-state index contributed by atoms with van der Waals surface area (Å²) in [6.07, 6.45) is 3.68. The maximum Gasteiger partial charge on any atom is 0.251 e. The molecule has 1 aliphatic carbocycles. The van der Waals surface area contributed by atoms with Gasteiger partial charge in [0.15, 0.2) is 0 Å². The zero-order valence-electron chi connectivity index (χ0n) is 15.5. The molecule has 26 heavy (non-hydrogen) atoms. The number of amides is 3. The van der Waals surface area contributed by atoms with Gasteiger partial charge in [0.2, 0.25) is 11.8 Å². The molecule has 0 aromatic heterocycles. The fraction of sp³-hybridized carbons (Fsp3) is 0.550. The van der Waals surface area contributed by atoms with E-state index < -0.39 is 0 Å². The summed E-state index contributed by atoms with van der Waals surface area (Å²) >= 11 is 0. The van der Waals surface area contributed by atoms with Crippen molar-refractivity contribution in [2.75, 3.05) is 18.4 Å². The van der Waals surface area contributed by atoms with Crippen molar-refractivity contribution in [1.29, 1.82) is 0 Å². The predicted octanol–water partition coefficient (Wildman–Crippen LogP) is 2.41. The van der Waals surface area contributed by atoms with Gasteiger partial charge in [-0.2, -0.15) is 0 Å². The Morgan fingerprint density at radius 3 is 2.62 bits per heavy atom. The lowest BCUT2D eigenvalue weighted by Crippen LogP contribution is -2.45. The lowest BCUT2D eigenvalue weighted by Gasteiger charge is -2.33. The van der Waals surface area contributed by atoms with Gasteiger partial charge in [0.1, 0.15) is 0 Å². The fourth-order valence-electron chi connectivity index (χ4n) is 3.24. The Balaban J connectivity index is 1.60. The van der Waals surface area contributed by atoms with Gasteiger partial charge in [-0.25, -0.2) is 0 Å². The zero-order valence-corrected chi connectivity index (χ0v) is 15.5. The van der Waals surface area contributed by atoms with Crippen LogP contribution in [0.5, 0.6) is 0 Å². The number of nitrogens with zero attached hydrogens (tertiary/aromatic N) is 1. The van der Waals surface area contributed by atoms with Gasteiger partial charge >= 0.3 is 0 Å². The molecule has 0 unspecified atom stereocenters. The molecular weight excluding hydrogens is 330 g/mol. The number of rotatable bonds is 5. The first-order chi connectivity index (χ1) is 12.4. The summed E-state index contributed by atoms with van der Waals surface area (Å²) in [6, 6.07) is 7.30. The Morgan fingerprint density at radius 2 is 1.92 bits per heavy atom. The highest BCUT2D eigenvalue weighted by Gasteiger charge is 2.29. The van der Waals surface area contributed by atoms with Crippen molar-refractivity contribution in [1.82, 2.24) is 10.2 Å². The van der Waals surface area contributed by atoms with Crippen molar-refractivity contribution in [3.63, 3.8) is 0 Å². The van der Waals surface area contributed by atoms with Gasteiger partial charge in [0.05, 0.1) is 5.92 Å². The highest BCUT2D eigenvalue weighted by molar-refractivity contribution is 5.98. The molecule has 2 fully saturated rings. The van der Waals surface area contributed by atoms with E-state index in [1.54, 1.807) is 29.2 Å². The topological polar surface area (TPSA) is 78.5 Å². The molecule has 1 aromatic rings. The van der Waals surface area contributed by atoms with Crippen molar-refractivity contribution in [3.8, 4) is 0 Å². The van der Waals surface area contributed by atoms with E-state index in [9.17, 15) is 14.4 Å². The van der Waals surface area contributed by atoms with Crippen LogP contribution >= 0.6 is 0 Å². The highest BCUT2D eigenvalue weighted by atomic mass is 16.2. The number of piperidine rings is 1. The largest absolute Gasteiger partial charge is 0.349 e. The standard InChI is InChI=1S/C20H27N3O3/c1-13(2)20(26)23-10-4-6-15(12-23)19(25)22-17-7-3-5-14(11-17)18(24)21-16-8-9-16/h3,5,7,11,13,15-16H,4,6,8-10,12H2,1-2H3,(H,21,24)(H,22,25)/t15-/m1/s1. The molecular formula is C20H27N3O3. The lowest BCUT2D eigenvalue weighted by molar-refractivity contribution is -0.137. The monoisotopic (exact) mass is 357 g/mol. The normalized spacial score (nSPS) is 20.0. The van der Waals surface area contributed by atoms with Gasteiger partial charge in [0.25, 0.3) is 5.91 Å². The number of likely N-dealkylation sites (tertiary alicyclic amines) is 1. The second-order valence-electron chi connectivity index (χ2n) is 7.60. The summed E-state index contributed by atoms with van der Waals surface area (Å²) in [5, 5.41) is 5.85. The predicted molar refractivity (Wildman–Crippen MR) is 99.7 cm³/mol. The zero-order chi connectivity index (χ0) is 18.7. The Hall–Kier alpha value is -2.37. The van der Waals surface area contributed by atoms with Gasteiger partial charge in [-0.1, -0.05) is 19.9 Å². The third-order valence-corrected chi connectivity index (χ3v) is 4.90. The Labute approximate surface area is 154 Å². The molecule has 1 heterocycles. The van der Waals surface area contributed by atoms with E-state index in [2.05, 4.69) is 10.6 Å². The van der Waals surface area contributed by atoms with Gasteiger partial charge < -0.3 is 15.5 Å². The summed E-state index contributed by atoms with van der Waals surface area (Å²) in [5.41, 5.74) is 1.17. The summed E-state index contributed by atoms with van der Waals surface area (Å²) < 4.78 is 0. The van der Waals surface area contributed by atoms with Gasteiger partial charge in [0, 0.05) is 36.3 Å². The minimum absolute atomic E-state index is 0.0570. The van der Waals surface area contributed by atoms with Gasteiger partial charge in [-0.3, -0.25) is 14.4 Å². The number of carbonyl (C=O) groups is 3. The van der Waals surface area contributed by atoms with Crippen LogP contribution in [-0.4, -0.2) is 41.8 Å². The van der Waals surface area contributed by atoms with Crippen LogP contribution in [0.25, 0.3) is 0 Å². The van der Waals surface area contributed by atoms with E-state index in [0.717, 1.165) is 32.2 Å². The number of hydrogen-bond donors (Lipinski definition) is 2. The first-order valence-corrected chi connectivity index (χ1v) is 9.44. The second-order valence-corrected chi connectivity index (χ2v) is 7.60. The van der Waals surface area contributed by atoms with Crippen LogP contribution in [0, 0.1) is 11.8 Å². The second kappa shape index (κ2) is 7.89. The van der Waals surface area contributed by atoms with Crippen LogP contribution in [0.3, 0.4) is 0 Å². The number of carbonyl (C=O) groups excluding carboxylic acids is 3. The molecule has 0 bridgehead atoms. The van der Waals surface area contributed by atoms with Crippen molar-refractivity contribution in [3.05, 3.63) is 29.8 Å². The highest BCUT2D eigenvalue weighted by Crippen LogP contribution is 2.22. The summed E-state index contributed by atoms with van der Waals surface area (Å²) in [7, 11) is 0. The van der Waals surface area contributed by atoms with E-state index in [4.69, 9.17) is 0 Å². The number of nitrogens with one attached hydrogen (secondary N) is 2. The van der Waals surface area contributed by atoms with E-state index in [0.29, 0.717) is 23.8 Å². The van der Waals surface area contributed by atoms with E-state index in [-0.39, 0.29) is 29.6 Å². The molecule has 6 heteroatoms. The first-order valence-electron chi connectivity index (χ1n) is 9.44.